The number of anilines is 1. The van der Waals surface area contributed by atoms with Crippen LogP contribution in [0.5, 0.6) is 0 Å². The molecule has 3 nitrogen and oxygen atoms in total. The fourth-order valence-corrected chi connectivity index (χ4v) is 3.83. The maximum atomic E-state index is 6.27. The van der Waals surface area contributed by atoms with E-state index in [-0.39, 0.29) is 0 Å². The van der Waals surface area contributed by atoms with Gasteiger partial charge < -0.3 is 5.32 Å². The molecule has 0 saturated heterocycles. The van der Waals surface area contributed by atoms with Crippen molar-refractivity contribution in [2.45, 2.75) is 13.5 Å². The van der Waals surface area contributed by atoms with E-state index in [1.54, 1.807) is 6.07 Å². The molecule has 1 N–H and O–H groups in total. The summed E-state index contributed by atoms with van der Waals surface area (Å²) in [6, 6.07) is 7.93. The minimum Gasteiger partial charge on any atom is -0.378 e. The Bertz CT molecular complexity index is 801. The molecule has 0 spiro atoms. The molecule has 0 atom stereocenters. The van der Waals surface area contributed by atoms with Gasteiger partial charge in [-0.2, -0.15) is 8.73 Å². The molecule has 0 aliphatic carbocycles. The van der Waals surface area contributed by atoms with E-state index in [0.29, 0.717) is 28.0 Å². The van der Waals surface area contributed by atoms with Crippen LogP contribution in [0.2, 0.25) is 10.0 Å². The fraction of sp³-hybridized carbons (Fsp3) is 0.143. The molecule has 1 heterocycles. The zero-order chi connectivity index (χ0) is 15.0. The second-order valence-electron chi connectivity index (χ2n) is 4.63. The third-order valence-corrected chi connectivity index (χ3v) is 4.96. The summed E-state index contributed by atoms with van der Waals surface area (Å²) in [6.45, 7) is 2.69. The highest BCUT2D eigenvalue weighted by Crippen LogP contribution is 2.47. The Morgan fingerprint density at radius 1 is 1.14 bits per heavy atom. The normalized spacial score (nSPS) is 12.2. The smallest absolute Gasteiger partial charge is 0.130 e. The van der Waals surface area contributed by atoms with Crippen LogP contribution in [0.3, 0.4) is 0 Å². The third kappa shape index (κ3) is 3.01. The second kappa shape index (κ2) is 6.08. The Kier molecular flexibility index (Phi) is 4.36. The summed E-state index contributed by atoms with van der Waals surface area (Å²) in [4.78, 5) is 0. The van der Waals surface area contributed by atoms with Gasteiger partial charge in [-0.3, -0.25) is 0 Å². The summed E-state index contributed by atoms with van der Waals surface area (Å²) in [6.07, 6.45) is 0. The molecule has 0 radical (unpaired) electrons. The number of hydrogen-bond acceptors (Lipinski definition) is 3. The van der Waals surface area contributed by atoms with Crippen molar-refractivity contribution in [1.29, 1.82) is 0 Å². The Morgan fingerprint density at radius 2 is 1.90 bits per heavy atom. The zero-order valence-electron chi connectivity index (χ0n) is 11.0. The lowest BCUT2D eigenvalue weighted by atomic mass is 10.1. The molecule has 0 fully saturated rings. The number of benzene rings is 2. The van der Waals surface area contributed by atoms with E-state index in [9.17, 15) is 0 Å². The Morgan fingerprint density at radius 3 is 2.67 bits per heavy atom. The van der Waals surface area contributed by atoms with Crippen LogP contribution in [0.1, 0.15) is 11.1 Å². The minimum atomic E-state index is 0.519. The van der Waals surface area contributed by atoms with Crippen molar-refractivity contribution in [2.75, 3.05) is 5.32 Å². The summed E-state index contributed by atoms with van der Waals surface area (Å²) >= 11 is 17.1. The molecule has 3 rings (SSSR count). The molecular formula is C14H10BrCl2N3S. The first kappa shape index (κ1) is 15.0. The summed E-state index contributed by atoms with van der Waals surface area (Å²) in [5.74, 6) is 0. The van der Waals surface area contributed by atoms with Gasteiger partial charge in [-0.15, -0.1) is 0 Å². The van der Waals surface area contributed by atoms with E-state index in [1.165, 1.54) is 5.56 Å². The Hall–Kier alpha value is -0.880. The largest absolute Gasteiger partial charge is 0.378 e. The lowest BCUT2D eigenvalue weighted by Crippen LogP contribution is -2.01. The number of rotatable bonds is 3. The van der Waals surface area contributed by atoms with Crippen molar-refractivity contribution >= 4 is 67.5 Å². The van der Waals surface area contributed by atoms with Gasteiger partial charge in [-0.1, -0.05) is 51.3 Å². The standard InChI is InChI=1S/C14H10BrCl2N3S/c1-7-2-3-8(9(15)4-7)6-18-12-10(16)5-11(17)13-14(12)20-21-19-13/h2-5,18H,6H2,1H3. The summed E-state index contributed by atoms with van der Waals surface area (Å²) in [5.41, 5.74) is 4.50. The molecule has 2 aromatic rings. The van der Waals surface area contributed by atoms with Gasteiger partial charge >= 0.3 is 0 Å². The van der Waals surface area contributed by atoms with Crippen molar-refractivity contribution in [3.8, 4) is 0 Å². The maximum Gasteiger partial charge on any atom is 0.130 e. The van der Waals surface area contributed by atoms with Gasteiger partial charge in [-0.25, -0.2) is 0 Å². The number of hydrogen-bond donors (Lipinski definition) is 1. The van der Waals surface area contributed by atoms with Crippen LogP contribution in [0.25, 0.3) is 0 Å². The third-order valence-electron chi connectivity index (χ3n) is 3.11. The number of aryl methyl sites for hydroxylation is 1. The number of halogens is 3. The van der Waals surface area contributed by atoms with Gasteiger partial charge in [0.2, 0.25) is 0 Å². The van der Waals surface area contributed by atoms with Crippen LogP contribution in [0.15, 0.2) is 37.5 Å². The van der Waals surface area contributed by atoms with E-state index >= 15 is 0 Å². The Labute approximate surface area is 144 Å². The van der Waals surface area contributed by atoms with Crippen LogP contribution in [-0.2, 0) is 17.9 Å². The molecule has 2 aromatic carbocycles. The highest BCUT2D eigenvalue weighted by molar-refractivity contribution is 9.10. The predicted molar refractivity (Wildman–Crippen MR) is 94.2 cm³/mol. The molecule has 0 unspecified atom stereocenters. The molecule has 0 saturated carbocycles. The van der Waals surface area contributed by atoms with Crippen LogP contribution >= 0.6 is 39.1 Å². The first-order valence-corrected chi connectivity index (χ1v) is 8.43. The predicted octanol–water partition coefficient (Wildman–Crippen LogP) is 6.40. The van der Waals surface area contributed by atoms with E-state index < -0.39 is 0 Å². The van der Waals surface area contributed by atoms with Crippen molar-refractivity contribution < 1.29 is 0 Å². The van der Waals surface area contributed by atoms with E-state index in [4.69, 9.17) is 23.2 Å². The molecule has 0 aromatic heterocycles. The van der Waals surface area contributed by atoms with Crippen LogP contribution in [0, 0.1) is 6.92 Å². The van der Waals surface area contributed by atoms with Crippen molar-refractivity contribution in [2.24, 2.45) is 8.73 Å². The van der Waals surface area contributed by atoms with E-state index in [0.717, 1.165) is 27.1 Å². The maximum absolute atomic E-state index is 6.27. The van der Waals surface area contributed by atoms with Gasteiger partial charge in [-0.05, 0) is 30.2 Å². The number of fused-ring (bicyclic) bond motifs is 1. The SMILES string of the molecule is Cc1ccc(CNc2c(Cl)cc(Cl)c3c2N=S=N3)c(Br)c1. The lowest BCUT2D eigenvalue weighted by Gasteiger charge is -2.13. The monoisotopic (exact) mass is 401 g/mol. The molecular weight excluding hydrogens is 393 g/mol. The average Bonchev–Trinajstić information content (AvgIpc) is 2.90. The molecule has 0 amide bonds. The lowest BCUT2D eigenvalue weighted by molar-refractivity contribution is 1.13. The average molecular weight is 403 g/mol. The highest BCUT2D eigenvalue weighted by Gasteiger charge is 2.18. The topological polar surface area (TPSA) is 36.8 Å². The van der Waals surface area contributed by atoms with Gasteiger partial charge in [0, 0.05) is 11.0 Å². The first-order chi connectivity index (χ1) is 10.1. The molecule has 1 aliphatic rings. The Balaban J connectivity index is 1.90. The molecule has 1 aliphatic heterocycles. The van der Waals surface area contributed by atoms with Gasteiger partial charge in [0.25, 0.3) is 0 Å². The van der Waals surface area contributed by atoms with Crippen molar-refractivity contribution in [3.05, 3.63) is 49.9 Å². The van der Waals surface area contributed by atoms with E-state index in [1.807, 2.05) is 0 Å². The number of nitrogens with zero attached hydrogens (tertiary/aromatic N) is 2. The minimum absolute atomic E-state index is 0.519. The van der Waals surface area contributed by atoms with Gasteiger partial charge in [0.1, 0.15) is 11.4 Å². The molecule has 108 valence electrons. The second-order valence-corrected chi connectivity index (χ2v) is 6.82. The fourth-order valence-electron chi connectivity index (χ4n) is 2.02. The van der Waals surface area contributed by atoms with Crippen LogP contribution < -0.4 is 5.32 Å². The summed E-state index contributed by atoms with van der Waals surface area (Å²) in [5, 5.41) is 4.39. The van der Waals surface area contributed by atoms with Crippen molar-refractivity contribution in [1.82, 2.24) is 0 Å². The van der Waals surface area contributed by atoms with Gasteiger partial charge in [0.05, 0.1) is 27.1 Å². The molecule has 7 heteroatoms. The number of nitrogens with one attached hydrogen (secondary N) is 1. The first-order valence-electron chi connectivity index (χ1n) is 6.15. The summed E-state index contributed by atoms with van der Waals surface area (Å²) in [7, 11) is 0. The quantitative estimate of drug-likeness (QED) is 0.540. The zero-order valence-corrected chi connectivity index (χ0v) is 14.9. The van der Waals surface area contributed by atoms with E-state index in [2.05, 4.69) is 55.1 Å². The van der Waals surface area contributed by atoms with Crippen LogP contribution in [0.4, 0.5) is 17.1 Å². The molecule has 0 bridgehead atoms. The summed E-state index contributed by atoms with van der Waals surface area (Å²) < 4.78 is 9.53. The van der Waals surface area contributed by atoms with Crippen molar-refractivity contribution in [3.63, 3.8) is 0 Å². The highest BCUT2D eigenvalue weighted by atomic mass is 79.9. The molecule has 21 heavy (non-hydrogen) atoms. The van der Waals surface area contributed by atoms with Crippen LogP contribution in [-0.4, -0.2) is 0 Å². The van der Waals surface area contributed by atoms with Gasteiger partial charge in [0.15, 0.2) is 0 Å².